The number of nitrogens with one attached hydrogen (secondary N) is 1. The Morgan fingerprint density at radius 2 is 1.80 bits per heavy atom. The molecule has 134 valence electrons. The third-order valence-corrected chi connectivity index (χ3v) is 3.93. The first-order chi connectivity index (χ1) is 12.1. The number of nitrogens with zero attached hydrogens (tertiary/aromatic N) is 2. The van der Waals surface area contributed by atoms with Crippen molar-refractivity contribution in [2.75, 3.05) is 37.5 Å². The number of hydrogen-bond acceptors (Lipinski definition) is 5. The fraction of sp³-hybridized carbons (Fsp3) is 0.368. The summed E-state index contributed by atoms with van der Waals surface area (Å²) in [6.45, 7) is 5.97. The zero-order valence-corrected chi connectivity index (χ0v) is 15.2. The van der Waals surface area contributed by atoms with Gasteiger partial charge in [0.1, 0.15) is 5.82 Å². The number of anilines is 2. The van der Waals surface area contributed by atoms with Crippen LogP contribution in [-0.2, 0) is 11.2 Å². The first-order valence-electron chi connectivity index (χ1n) is 8.33. The van der Waals surface area contributed by atoms with Gasteiger partial charge in [-0.3, -0.25) is 4.79 Å². The third kappa shape index (κ3) is 4.86. The monoisotopic (exact) mass is 343 g/mol. The van der Waals surface area contributed by atoms with Crippen molar-refractivity contribution in [2.24, 2.45) is 0 Å². The lowest BCUT2D eigenvalue weighted by molar-refractivity contribution is -0.115. The second-order valence-corrected chi connectivity index (χ2v) is 5.49. The summed E-state index contributed by atoms with van der Waals surface area (Å²) in [6, 6.07) is 9.23. The molecule has 0 saturated carbocycles. The standard InChI is InChI=1S/C19H25N3O3/c1-5-22(6-2)18-10-8-15(13-20-18)21-19(23)12-14-7-9-16(24-3)17(11-14)25-4/h7-11,13H,5-6,12H2,1-4H3,(H,21,23). The first kappa shape index (κ1) is 18.6. The second-order valence-electron chi connectivity index (χ2n) is 5.49. The summed E-state index contributed by atoms with van der Waals surface area (Å²) in [7, 11) is 3.16. The molecule has 1 heterocycles. The molecule has 1 aromatic heterocycles. The maximum atomic E-state index is 12.2. The number of amides is 1. The maximum Gasteiger partial charge on any atom is 0.228 e. The molecule has 0 aliphatic heterocycles. The van der Waals surface area contributed by atoms with E-state index in [1.807, 2.05) is 18.2 Å². The molecule has 1 amide bonds. The van der Waals surface area contributed by atoms with E-state index in [9.17, 15) is 4.79 Å². The molecule has 0 saturated heterocycles. The normalized spacial score (nSPS) is 10.2. The van der Waals surface area contributed by atoms with E-state index in [0.29, 0.717) is 17.2 Å². The first-order valence-corrected chi connectivity index (χ1v) is 8.33. The van der Waals surface area contributed by atoms with Gasteiger partial charge >= 0.3 is 0 Å². The number of benzene rings is 1. The third-order valence-electron chi connectivity index (χ3n) is 3.93. The van der Waals surface area contributed by atoms with Crippen LogP contribution in [0.25, 0.3) is 0 Å². The second kappa shape index (κ2) is 8.92. The highest BCUT2D eigenvalue weighted by atomic mass is 16.5. The molecule has 2 rings (SSSR count). The number of rotatable bonds is 8. The Morgan fingerprint density at radius 3 is 2.36 bits per heavy atom. The lowest BCUT2D eigenvalue weighted by Crippen LogP contribution is -2.23. The van der Waals surface area contributed by atoms with Gasteiger partial charge in [0.05, 0.1) is 32.5 Å². The number of carbonyl (C=O) groups excluding carboxylic acids is 1. The summed E-state index contributed by atoms with van der Waals surface area (Å²) in [6.07, 6.45) is 1.93. The predicted octanol–water partition coefficient (Wildman–Crippen LogP) is 3.13. The van der Waals surface area contributed by atoms with Gasteiger partial charge in [0.15, 0.2) is 11.5 Å². The van der Waals surface area contributed by atoms with Crippen molar-refractivity contribution in [3.8, 4) is 11.5 Å². The molecule has 25 heavy (non-hydrogen) atoms. The van der Waals surface area contributed by atoms with Gasteiger partial charge in [0, 0.05) is 13.1 Å². The van der Waals surface area contributed by atoms with Crippen molar-refractivity contribution in [1.29, 1.82) is 0 Å². The molecular weight excluding hydrogens is 318 g/mol. The maximum absolute atomic E-state index is 12.2. The summed E-state index contributed by atoms with van der Waals surface area (Å²) < 4.78 is 10.5. The van der Waals surface area contributed by atoms with E-state index < -0.39 is 0 Å². The average molecular weight is 343 g/mol. The smallest absolute Gasteiger partial charge is 0.228 e. The molecule has 0 unspecified atom stereocenters. The fourth-order valence-electron chi connectivity index (χ4n) is 2.58. The zero-order valence-electron chi connectivity index (χ0n) is 15.2. The highest BCUT2D eigenvalue weighted by molar-refractivity contribution is 5.92. The van der Waals surface area contributed by atoms with Gasteiger partial charge in [-0.25, -0.2) is 4.98 Å². The molecular formula is C19H25N3O3. The number of ether oxygens (including phenoxy) is 2. The van der Waals surface area contributed by atoms with Crippen LogP contribution in [-0.4, -0.2) is 38.2 Å². The van der Waals surface area contributed by atoms with Crippen molar-refractivity contribution in [3.63, 3.8) is 0 Å². The Kier molecular flexibility index (Phi) is 6.62. The molecule has 0 radical (unpaired) electrons. The summed E-state index contributed by atoms with van der Waals surface area (Å²) in [5.41, 5.74) is 1.53. The summed E-state index contributed by atoms with van der Waals surface area (Å²) in [5.74, 6) is 2.05. The van der Waals surface area contributed by atoms with Crippen LogP contribution in [0.5, 0.6) is 11.5 Å². The van der Waals surface area contributed by atoms with Crippen molar-refractivity contribution >= 4 is 17.4 Å². The molecule has 0 bridgehead atoms. The van der Waals surface area contributed by atoms with E-state index in [0.717, 1.165) is 24.5 Å². The van der Waals surface area contributed by atoms with Crippen LogP contribution in [0.4, 0.5) is 11.5 Å². The number of hydrogen-bond donors (Lipinski definition) is 1. The molecule has 6 heteroatoms. The van der Waals surface area contributed by atoms with Crippen molar-refractivity contribution in [1.82, 2.24) is 4.98 Å². The molecule has 1 aromatic carbocycles. The van der Waals surface area contributed by atoms with Gasteiger partial charge in [-0.2, -0.15) is 0 Å². The number of aromatic nitrogens is 1. The van der Waals surface area contributed by atoms with E-state index in [1.54, 1.807) is 32.5 Å². The van der Waals surface area contributed by atoms with E-state index in [2.05, 4.69) is 29.0 Å². The highest BCUT2D eigenvalue weighted by Gasteiger charge is 2.09. The molecule has 0 atom stereocenters. The minimum atomic E-state index is -0.107. The van der Waals surface area contributed by atoms with E-state index in [1.165, 1.54) is 0 Å². The molecule has 1 N–H and O–H groups in total. The lowest BCUT2D eigenvalue weighted by Gasteiger charge is -2.19. The van der Waals surface area contributed by atoms with Crippen LogP contribution in [0, 0.1) is 0 Å². The quantitative estimate of drug-likeness (QED) is 0.798. The number of pyridine rings is 1. The van der Waals surface area contributed by atoms with Crippen molar-refractivity contribution in [3.05, 3.63) is 42.1 Å². The van der Waals surface area contributed by atoms with Gasteiger partial charge in [0.2, 0.25) is 5.91 Å². The van der Waals surface area contributed by atoms with Crippen molar-refractivity contribution < 1.29 is 14.3 Å². The van der Waals surface area contributed by atoms with Crippen LogP contribution < -0.4 is 19.7 Å². The Hall–Kier alpha value is -2.76. The van der Waals surface area contributed by atoms with Crippen LogP contribution in [0.1, 0.15) is 19.4 Å². The Morgan fingerprint density at radius 1 is 1.08 bits per heavy atom. The minimum absolute atomic E-state index is 0.107. The molecule has 0 aliphatic carbocycles. The van der Waals surface area contributed by atoms with Crippen molar-refractivity contribution in [2.45, 2.75) is 20.3 Å². The fourth-order valence-corrected chi connectivity index (χ4v) is 2.58. The van der Waals surface area contributed by atoms with Crippen LogP contribution in [0.2, 0.25) is 0 Å². The van der Waals surface area contributed by atoms with Gasteiger partial charge in [-0.1, -0.05) is 6.07 Å². The van der Waals surface area contributed by atoms with Gasteiger partial charge < -0.3 is 19.7 Å². The van der Waals surface area contributed by atoms with Crippen LogP contribution >= 0.6 is 0 Å². The van der Waals surface area contributed by atoms with Gasteiger partial charge in [-0.05, 0) is 43.7 Å². The Bertz CT molecular complexity index is 698. The summed E-state index contributed by atoms with van der Waals surface area (Å²) in [4.78, 5) is 18.8. The SMILES string of the molecule is CCN(CC)c1ccc(NC(=O)Cc2ccc(OC)c(OC)c2)cn1. The molecule has 0 spiro atoms. The Balaban J connectivity index is 2.00. The topological polar surface area (TPSA) is 63.7 Å². The summed E-state index contributed by atoms with van der Waals surface area (Å²) >= 11 is 0. The van der Waals surface area contributed by atoms with E-state index in [-0.39, 0.29) is 12.3 Å². The molecule has 0 fully saturated rings. The molecule has 0 aliphatic rings. The van der Waals surface area contributed by atoms with Gasteiger partial charge in [-0.15, -0.1) is 0 Å². The van der Waals surface area contributed by atoms with Crippen LogP contribution in [0.3, 0.4) is 0 Å². The van der Waals surface area contributed by atoms with Crippen LogP contribution in [0.15, 0.2) is 36.5 Å². The predicted molar refractivity (Wildman–Crippen MR) is 99.7 cm³/mol. The summed E-state index contributed by atoms with van der Waals surface area (Å²) in [5, 5.41) is 2.87. The Labute approximate surface area is 148 Å². The molecule has 6 nitrogen and oxygen atoms in total. The zero-order chi connectivity index (χ0) is 18.2. The van der Waals surface area contributed by atoms with E-state index in [4.69, 9.17) is 9.47 Å². The number of carbonyl (C=O) groups is 1. The lowest BCUT2D eigenvalue weighted by atomic mass is 10.1. The molecule has 2 aromatic rings. The number of methoxy groups -OCH3 is 2. The largest absolute Gasteiger partial charge is 0.493 e. The van der Waals surface area contributed by atoms with E-state index >= 15 is 0 Å². The average Bonchev–Trinajstić information content (AvgIpc) is 2.64. The minimum Gasteiger partial charge on any atom is -0.493 e. The highest BCUT2D eigenvalue weighted by Crippen LogP contribution is 2.27. The van der Waals surface area contributed by atoms with Gasteiger partial charge in [0.25, 0.3) is 0 Å².